The first-order valence-electron chi connectivity index (χ1n) is 4.88. The molecule has 0 aromatic carbocycles. The molecule has 0 saturated heterocycles. The molecule has 1 rings (SSSR count). The number of hydrogen-bond acceptors (Lipinski definition) is 2. The summed E-state index contributed by atoms with van der Waals surface area (Å²) in [6, 6.07) is 0. The summed E-state index contributed by atoms with van der Waals surface area (Å²) in [7, 11) is -2.70. The second kappa shape index (κ2) is 4.26. The summed E-state index contributed by atoms with van der Waals surface area (Å²) in [6.07, 6.45) is 5.93. The van der Waals surface area contributed by atoms with Crippen LogP contribution in [0.2, 0.25) is 0 Å². The minimum Gasteiger partial charge on any atom is -0.229 e. The fourth-order valence-corrected chi connectivity index (χ4v) is 3.44. The predicted octanol–water partition coefficient (Wildman–Crippen LogP) is 2.14. The summed E-state index contributed by atoms with van der Waals surface area (Å²) in [5, 5.41) is 0.0226. The van der Waals surface area contributed by atoms with Crippen LogP contribution in [-0.4, -0.2) is 19.4 Å². The molecule has 3 heteroatoms. The predicted molar refractivity (Wildman–Crippen MR) is 51.0 cm³/mol. The Balaban J connectivity index is 2.28. The largest absolute Gasteiger partial charge is 0.229 e. The highest BCUT2D eigenvalue weighted by atomic mass is 32.2. The topological polar surface area (TPSA) is 34.1 Å². The maximum Gasteiger partial charge on any atom is 0.153 e. The molecule has 1 aliphatic carbocycles. The summed E-state index contributed by atoms with van der Waals surface area (Å²) < 4.78 is 23.0. The standard InChI is InChI=1S/C9H18O2S/c1-2-3-4-8-12(10,11)9-6-5-7-9/h9H,2-8H2,1H3. The third kappa shape index (κ3) is 2.47. The summed E-state index contributed by atoms with van der Waals surface area (Å²) in [5.74, 6) is 0.422. The molecule has 0 spiro atoms. The summed E-state index contributed by atoms with van der Waals surface area (Å²) >= 11 is 0. The van der Waals surface area contributed by atoms with Crippen LogP contribution >= 0.6 is 0 Å². The minimum atomic E-state index is -2.70. The van der Waals surface area contributed by atoms with E-state index < -0.39 is 9.84 Å². The average molecular weight is 190 g/mol. The van der Waals surface area contributed by atoms with Gasteiger partial charge in [-0.2, -0.15) is 0 Å². The van der Waals surface area contributed by atoms with E-state index in [0.29, 0.717) is 5.75 Å². The molecule has 0 N–H and O–H groups in total. The molecule has 12 heavy (non-hydrogen) atoms. The van der Waals surface area contributed by atoms with Crippen LogP contribution in [0.25, 0.3) is 0 Å². The Bertz CT molecular complexity index is 215. The third-order valence-corrected chi connectivity index (χ3v) is 4.94. The molecule has 0 radical (unpaired) electrons. The zero-order valence-corrected chi connectivity index (χ0v) is 8.57. The molecule has 1 fully saturated rings. The molecule has 72 valence electrons. The Hall–Kier alpha value is -0.0500. The number of sulfone groups is 1. The highest BCUT2D eigenvalue weighted by molar-refractivity contribution is 7.92. The molecule has 0 aromatic heterocycles. The van der Waals surface area contributed by atoms with E-state index in [-0.39, 0.29) is 5.25 Å². The van der Waals surface area contributed by atoms with Gasteiger partial charge in [-0.05, 0) is 19.3 Å². The van der Waals surface area contributed by atoms with Crippen LogP contribution in [0, 0.1) is 0 Å². The van der Waals surface area contributed by atoms with Gasteiger partial charge in [-0.1, -0.05) is 26.2 Å². The van der Waals surface area contributed by atoms with Crippen molar-refractivity contribution in [1.29, 1.82) is 0 Å². The molecule has 1 saturated carbocycles. The van der Waals surface area contributed by atoms with Crippen LogP contribution in [0.15, 0.2) is 0 Å². The number of unbranched alkanes of at least 4 members (excludes halogenated alkanes) is 2. The zero-order chi connectivity index (χ0) is 9.03. The van der Waals surface area contributed by atoms with Gasteiger partial charge in [0.2, 0.25) is 0 Å². The Morgan fingerprint density at radius 3 is 2.33 bits per heavy atom. The Morgan fingerprint density at radius 2 is 1.92 bits per heavy atom. The summed E-state index contributed by atoms with van der Waals surface area (Å²) in [4.78, 5) is 0. The first-order chi connectivity index (χ1) is 5.67. The van der Waals surface area contributed by atoms with Crippen LogP contribution in [-0.2, 0) is 9.84 Å². The van der Waals surface area contributed by atoms with E-state index >= 15 is 0 Å². The van der Waals surface area contributed by atoms with Gasteiger partial charge >= 0.3 is 0 Å². The molecule has 0 aliphatic heterocycles. The maximum absolute atomic E-state index is 11.5. The van der Waals surface area contributed by atoms with Gasteiger partial charge < -0.3 is 0 Å². The van der Waals surface area contributed by atoms with Crippen molar-refractivity contribution in [2.24, 2.45) is 0 Å². The van der Waals surface area contributed by atoms with Gasteiger partial charge in [-0.25, -0.2) is 8.42 Å². The molecule has 0 aromatic rings. The van der Waals surface area contributed by atoms with E-state index in [1.54, 1.807) is 0 Å². The average Bonchev–Trinajstić information content (AvgIpc) is 1.82. The highest BCUT2D eigenvalue weighted by Gasteiger charge is 2.30. The van der Waals surface area contributed by atoms with Crippen LogP contribution in [0.4, 0.5) is 0 Å². The van der Waals surface area contributed by atoms with E-state index in [2.05, 4.69) is 6.92 Å². The van der Waals surface area contributed by atoms with Crippen molar-refractivity contribution in [2.45, 2.75) is 50.7 Å². The molecular formula is C9H18O2S. The summed E-state index contributed by atoms with van der Waals surface area (Å²) in [5.41, 5.74) is 0. The van der Waals surface area contributed by atoms with Crippen LogP contribution in [0.3, 0.4) is 0 Å². The number of hydrogen-bond donors (Lipinski definition) is 0. The van der Waals surface area contributed by atoms with E-state index in [1.807, 2.05) is 0 Å². The van der Waals surface area contributed by atoms with Gasteiger partial charge in [0.1, 0.15) is 0 Å². The molecule has 2 nitrogen and oxygen atoms in total. The van der Waals surface area contributed by atoms with Crippen molar-refractivity contribution in [3.05, 3.63) is 0 Å². The van der Waals surface area contributed by atoms with Crippen molar-refractivity contribution >= 4 is 9.84 Å². The molecule has 0 bridgehead atoms. The molecule has 0 unspecified atom stereocenters. The molecule has 0 heterocycles. The van der Waals surface area contributed by atoms with Gasteiger partial charge in [0, 0.05) is 0 Å². The van der Waals surface area contributed by atoms with Crippen molar-refractivity contribution in [3.63, 3.8) is 0 Å². The van der Waals surface area contributed by atoms with Crippen molar-refractivity contribution in [3.8, 4) is 0 Å². The van der Waals surface area contributed by atoms with E-state index in [4.69, 9.17) is 0 Å². The fraction of sp³-hybridized carbons (Fsp3) is 1.00. The monoisotopic (exact) mass is 190 g/mol. The molecular weight excluding hydrogens is 172 g/mol. The van der Waals surface area contributed by atoms with Crippen molar-refractivity contribution in [2.75, 3.05) is 5.75 Å². The fourth-order valence-electron chi connectivity index (χ4n) is 1.45. The lowest BCUT2D eigenvalue weighted by Crippen LogP contribution is -2.30. The lowest BCUT2D eigenvalue weighted by molar-refractivity contribution is 0.475. The van der Waals surface area contributed by atoms with Gasteiger partial charge in [-0.3, -0.25) is 0 Å². The van der Waals surface area contributed by atoms with E-state index in [0.717, 1.165) is 38.5 Å². The minimum absolute atomic E-state index is 0.0226. The summed E-state index contributed by atoms with van der Waals surface area (Å²) in [6.45, 7) is 2.09. The highest BCUT2D eigenvalue weighted by Crippen LogP contribution is 2.27. The Labute approximate surface area is 75.3 Å². The van der Waals surface area contributed by atoms with Crippen molar-refractivity contribution < 1.29 is 8.42 Å². The smallest absolute Gasteiger partial charge is 0.153 e. The third-order valence-electron chi connectivity index (χ3n) is 2.59. The van der Waals surface area contributed by atoms with Crippen molar-refractivity contribution in [1.82, 2.24) is 0 Å². The molecule has 1 aliphatic rings. The normalized spacial score (nSPS) is 19.1. The van der Waals surface area contributed by atoms with Gasteiger partial charge in [-0.15, -0.1) is 0 Å². The van der Waals surface area contributed by atoms with Crippen LogP contribution in [0.1, 0.15) is 45.4 Å². The first-order valence-corrected chi connectivity index (χ1v) is 6.60. The van der Waals surface area contributed by atoms with E-state index in [1.165, 1.54) is 0 Å². The van der Waals surface area contributed by atoms with Gasteiger partial charge in [0.05, 0.1) is 11.0 Å². The van der Waals surface area contributed by atoms with Gasteiger partial charge in [0.15, 0.2) is 9.84 Å². The Morgan fingerprint density at radius 1 is 1.25 bits per heavy atom. The second-order valence-electron chi connectivity index (χ2n) is 3.63. The second-order valence-corrected chi connectivity index (χ2v) is 6.03. The zero-order valence-electron chi connectivity index (χ0n) is 7.75. The molecule has 0 amide bonds. The van der Waals surface area contributed by atoms with Gasteiger partial charge in [0.25, 0.3) is 0 Å². The quantitative estimate of drug-likeness (QED) is 0.622. The Kier molecular flexibility index (Phi) is 3.56. The van der Waals surface area contributed by atoms with Crippen LogP contribution in [0.5, 0.6) is 0 Å². The van der Waals surface area contributed by atoms with E-state index in [9.17, 15) is 8.42 Å². The SMILES string of the molecule is CCCCCS(=O)(=O)C1CCC1. The van der Waals surface area contributed by atoms with Crippen LogP contribution < -0.4 is 0 Å². The molecule has 0 atom stereocenters. The maximum atomic E-state index is 11.5. The lowest BCUT2D eigenvalue weighted by atomic mass is 10.00. The lowest BCUT2D eigenvalue weighted by Gasteiger charge is -2.24. The first kappa shape index (κ1) is 10.0. The number of rotatable bonds is 5.